The number of rotatable bonds is 7. The van der Waals surface area contributed by atoms with Gasteiger partial charge >= 0.3 is 5.97 Å². The molecule has 2 rings (SSSR count). The number of nitrogens with zero attached hydrogens (tertiary/aromatic N) is 1. The molecule has 2 aromatic carbocycles. The molecular weight excluding hydrogens is 344 g/mol. The lowest BCUT2D eigenvalue weighted by molar-refractivity contribution is -0.150. The molecule has 1 N–H and O–H groups in total. The molecule has 0 fully saturated rings. The minimum Gasteiger partial charge on any atom is -0.482 e. The van der Waals surface area contributed by atoms with Gasteiger partial charge in [0.2, 0.25) is 0 Å². The van der Waals surface area contributed by atoms with Gasteiger partial charge in [-0.2, -0.15) is 5.26 Å². The lowest BCUT2D eigenvalue weighted by atomic mass is 10.2. The van der Waals surface area contributed by atoms with Crippen LogP contribution in [-0.2, 0) is 20.9 Å². The number of nitriles is 1. The van der Waals surface area contributed by atoms with Crippen LogP contribution in [0.25, 0.3) is 0 Å². The number of hydrogen-bond acceptors (Lipinski definition) is 5. The van der Waals surface area contributed by atoms with Crippen molar-refractivity contribution in [3.8, 4) is 11.8 Å². The summed E-state index contributed by atoms with van der Waals surface area (Å²) >= 11 is 5.78. The van der Waals surface area contributed by atoms with Gasteiger partial charge in [0.1, 0.15) is 5.75 Å². The number of nitrogens with one attached hydrogen (secondary N) is 1. The Morgan fingerprint density at radius 2 is 1.72 bits per heavy atom. The molecule has 0 saturated heterocycles. The molecule has 0 unspecified atom stereocenters. The van der Waals surface area contributed by atoms with E-state index in [1.165, 1.54) is 0 Å². The maximum atomic E-state index is 11.6. The Hall–Kier alpha value is -3.04. The van der Waals surface area contributed by atoms with Gasteiger partial charge in [0, 0.05) is 11.6 Å². The first kappa shape index (κ1) is 18.3. The van der Waals surface area contributed by atoms with Gasteiger partial charge in [-0.25, -0.2) is 4.79 Å². The third-order valence-electron chi connectivity index (χ3n) is 3.11. The Balaban J connectivity index is 1.65. The predicted molar refractivity (Wildman–Crippen MR) is 90.9 cm³/mol. The third kappa shape index (κ3) is 6.53. The molecule has 0 radical (unpaired) electrons. The van der Waals surface area contributed by atoms with Crippen molar-refractivity contribution in [2.24, 2.45) is 0 Å². The van der Waals surface area contributed by atoms with Gasteiger partial charge in [-0.15, -0.1) is 0 Å². The van der Waals surface area contributed by atoms with Crippen molar-refractivity contribution in [3.63, 3.8) is 0 Å². The van der Waals surface area contributed by atoms with Crippen molar-refractivity contribution < 1.29 is 19.1 Å². The minimum atomic E-state index is -0.661. The second-order valence-corrected chi connectivity index (χ2v) is 5.43. The Morgan fingerprint density at radius 1 is 1.04 bits per heavy atom. The van der Waals surface area contributed by atoms with E-state index in [2.05, 4.69) is 5.32 Å². The standard InChI is InChI=1S/C18H15ClN2O4/c19-15-5-1-14(2-6-15)10-21-17(22)11-25-18(23)12-24-16-7-3-13(9-20)4-8-16/h1-8H,10-12H2,(H,21,22). The van der Waals surface area contributed by atoms with E-state index in [1.54, 1.807) is 48.5 Å². The van der Waals surface area contributed by atoms with Gasteiger partial charge in [0.25, 0.3) is 5.91 Å². The van der Waals surface area contributed by atoms with Gasteiger partial charge in [0.05, 0.1) is 11.6 Å². The molecule has 0 spiro atoms. The van der Waals surface area contributed by atoms with Gasteiger partial charge in [-0.05, 0) is 42.0 Å². The van der Waals surface area contributed by atoms with Crippen molar-refractivity contribution in [2.75, 3.05) is 13.2 Å². The first-order chi connectivity index (χ1) is 12.1. The van der Waals surface area contributed by atoms with E-state index in [9.17, 15) is 9.59 Å². The Labute approximate surface area is 149 Å². The highest BCUT2D eigenvalue weighted by atomic mass is 35.5. The second-order valence-electron chi connectivity index (χ2n) is 4.99. The molecular formula is C18H15ClN2O4. The summed E-state index contributed by atoms with van der Waals surface area (Å²) in [6.45, 7) is -0.394. The summed E-state index contributed by atoms with van der Waals surface area (Å²) < 4.78 is 10.0. The number of hydrogen-bond donors (Lipinski definition) is 1. The van der Waals surface area contributed by atoms with E-state index in [-0.39, 0.29) is 13.2 Å². The molecule has 25 heavy (non-hydrogen) atoms. The van der Waals surface area contributed by atoms with Crippen molar-refractivity contribution in [3.05, 3.63) is 64.7 Å². The number of carbonyl (C=O) groups excluding carboxylic acids is 2. The van der Waals surface area contributed by atoms with Crippen LogP contribution in [0.2, 0.25) is 5.02 Å². The van der Waals surface area contributed by atoms with Crippen LogP contribution >= 0.6 is 11.6 Å². The summed E-state index contributed by atoms with van der Waals surface area (Å²) in [5.74, 6) is -0.643. The molecule has 2 aromatic rings. The molecule has 0 aliphatic heterocycles. The average molecular weight is 359 g/mol. The lowest BCUT2D eigenvalue weighted by Gasteiger charge is -2.08. The zero-order valence-corrected chi connectivity index (χ0v) is 14.0. The summed E-state index contributed by atoms with van der Waals surface area (Å²) in [5.41, 5.74) is 1.38. The van der Waals surface area contributed by atoms with Crippen LogP contribution < -0.4 is 10.1 Å². The molecule has 0 aromatic heterocycles. The third-order valence-corrected chi connectivity index (χ3v) is 3.36. The van der Waals surface area contributed by atoms with Crippen molar-refractivity contribution in [1.82, 2.24) is 5.32 Å². The topological polar surface area (TPSA) is 88.4 Å². The smallest absolute Gasteiger partial charge is 0.344 e. The van der Waals surface area contributed by atoms with E-state index in [1.807, 2.05) is 6.07 Å². The summed E-state index contributed by atoms with van der Waals surface area (Å²) in [7, 11) is 0. The fourth-order valence-electron chi connectivity index (χ4n) is 1.81. The van der Waals surface area contributed by atoms with E-state index >= 15 is 0 Å². The SMILES string of the molecule is N#Cc1ccc(OCC(=O)OCC(=O)NCc2ccc(Cl)cc2)cc1. The zero-order chi connectivity index (χ0) is 18.1. The van der Waals surface area contributed by atoms with Crippen LogP contribution in [0.15, 0.2) is 48.5 Å². The molecule has 7 heteroatoms. The van der Waals surface area contributed by atoms with Crippen LogP contribution in [0, 0.1) is 11.3 Å². The minimum absolute atomic E-state index is 0.315. The Kier molecular flexibility index (Phi) is 6.81. The molecule has 1 amide bonds. The predicted octanol–water partition coefficient (Wildman–Crippen LogP) is 2.45. The number of ether oxygens (including phenoxy) is 2. The van der Waals surface area contributed by atoms with E-state index in [0.717, 1.165) is 5.56 Å². The highest BCUT2D eigenvalue weighted by Gasteiger charge is 2.08. The summed E-state index contributed by atoms with van der Waals surface area (Å²) in [4.78, 5) is 23.2. The number of carbonyl (C=O) groups is 2. The van der Waals surface area contributed by atoms with Crippen molar-refractivity contribution in [1.29, 1.82) is 5.26 Å². The second kappa shape index (κ2) is 9.30. The molecule has 0 atom stereocenters. The van der Waals surface area contributed by atoms with E-state index < -0.39 is 11.9 Å². The lowest BCUT2D eigenvalue weighted by Crippen LogP contribution is -2.29. The highest BCUT2D eigenvalue weighted by molar-refractivity contribution is 6.30. The van der Waals surface area contributed by atoms with Crippen LogP contribution in [-0.4, -0.2) is 25.1 Å². The van der Waals surface area contributed by atoms with E-state index in [0.29, 0.717) is 22.9 Å². The van der Waals surface area contributed by atoms with Gasteiger partial charge < -0.3 is 14.8 Å². The van der Waals surface area contributed by atoms with Crippen LogP contribution in [0.5, 0.6) is 5.75 Å². The number of halogens is 1. The molecule has 0 aliphatic rings. The summed E-state index contributed by atoms with van der Waals surface area (Å²) in [6.07, 6.45) is 0. The normalized spacial score (nSPS) is 9.76. The van der Waals surface area contributed by atoms with Crippen molar-refractivity contribution >= 4 is 23.5 Å². The fourth-order valence-corrected chi connectivity index (χ4v) is 1.94. The van der Waals surface area contributed by atoms with Crippen LogP contribution in [0.1, 0.15) is 11.1 Å². The molecule has 0 aliphatic carbocycles. The maximum Gasteiger partial charge on any atom is 0.344 e. The number of benzene rings is 2. The molecule has 0 bridgehead atoms. The molecule has 128 valence electrons. The molecule has 0 heterocycles. The summed E-state index contributed by atoms with van der Waals surface area (Å²) in [5, 5.41) is 11.9. The van der Waals surface area contributed by atoms with Crippen LogP contribution in [0.3, 0.4) is 0 Å². The van der Waals surface area contributed by atoms with Crippen LogP contribution in [0.4, 0.5) is 0 Å². The summed E-state index contributed by atoms with van der Waals surface area (Å²) in [6, 6.07) is 15.3. The first-order valence-electron chi connectivity index (χ1n) is 7.36. The van der Waals surface area contributed by atoms with E-state index in [4.69, 9.17) is 26.3 Å². The zero-order valence-electron chi connectivity index (χ0n) is 13.2. The van der Waals surface area contributed by atoms with Gasteiger partial charge in [0.15, 0.2) is 13.2 Å². The maximum absolute atomic E-state index is 11.6. The fraction of sp³-hybridized carbons (Fsp3) is 0.167. The quantitative estimate of drug-likeness (QED) is 0.768. The van der Waals surface area contributed by atoms with Gasteiger partial charge in [-0.3, -0.25) is 4.79 Å². The highest BCUT2D eigenvalue weighted by Crippen LogP contribution is 2.11. The van der Waals surface area contributed by atoms with Gasteiger partial charge in [-0.1, -0.05) is 23.7 Å². The molecule has 6 nitrogen and oxygen atoms in total. The number of esters is 1. The van der Waals surface area contributed by atoms with Crippen molar-refractivity contribution in [2.45, 2.75) is 6.54 Å². The monoisotopic (exact) mass is 358 g/mol. The largest absolute Gasteiger partial charge is 0.482 e. The Morgan fingerprint density at radius 3 is 2.36 bits per heavy atom. The number of amides is 1. The first-order valence-corrected chi connectivity index (χ1v) is 7.74. The molecule has 0 saturated carbocycles. The Bertz CT molecular complexity index is 767. The average Bonchev–Trinajstić information content (AvgIpc) is 2.64.